The van der Waals surface area contributed by atoms with Crippen molar-refractivity contribution in [1.82, 2.24) is 9.96 Å². The van der Waals surface area contributed by atoms with Crippen molar-refractivity contribution in [3.8, 4) is 0 Å². The van der Waals surface area contributed by atoms with E-state index in [4.69, 9.17) is 0 Å². The van der Waals surface area contributed by atoms with Gasteiger partial charge in [0.2, 0.25) is 0 Å². The van der Waals surface area contributed by atoms with Crippen LogP contribution in [0, 0.1) is 11.8 Å². The number of rotatable bonds is 6. The third-order valence-corrected chi connectivity index (χ3v) is 16.1. The van der Waals surface area contributed by atoms with Gasteiger partial charge in [-0.2, -0.15) is 0 Å². The second-order valence-corrected chi connectivity index (χ2v) is 20.4. The van der Waals surface area contributed by atoms with Crippen LogP contribution in [0.1, 0.15) is 81.1 Å². The number of allylic oxidation sites excluding steroid dienone is 8. The summed E-state index contributed by atoms with van der Waals surface area (Å²) in [5.41, 5.74) is 9.42. The molecule has 0 radical (unpaired) electrons. The zero-order chi connectivity index (χ0) is 24.2. The molecule has 0 bridgehead atoms. The zero-order valence-corrected chi connectivity index (χ0v) is 25.1. The predicted molar refractivity (Wildman–Crippen MR) is 176 cm³/mol. The van der Waals surface area contributed by atoms with Crippen LogP contribution in [0.15, 0.2) is 43.8 Å². The summed E-state index contributed by atoms with van der Waals surface area (Å²) in [6.45, 7) is 29.1. The minimum atomic E-state index is -1.63. The molecule has 8 heteroatoms. The van der Waals surface area contributed by atoms with Crippen molar-refractivity contribution in [2.75, 3.05) is 0 Å². The summed E-state index contributed by atoms with van der Waals surface area (Å²) in [7, 11) is -3.26. The normalized spacial score (nSPS) is 27.0. The van der Waals surface area contributed by atoms with Crippen molar-refractivity contribution >= 4 is 91.9 Å². The maximum atomic E-state index is 4.23. The fraction of sp³-hybridized carbons (Fsp3) is 0.714. The van der Waals surface area contributed by atoms with E-state index in [2.05, 4.69) is 91.5 Å². The van der Waals surface area contributed by atoms with Gasteiger partial charge in [0, 0.05) is 12.1 Å². The predicted octanol–water partition coefficient (Wildman–Crippen LogP) is 4.98. The minimum absolute atomic E-state index is 0. The van der Waals surface area contributed by atoms with Crippen LogP contribution in [0.3, 0.4) is 0 Å². The third-order valence-electron chi connectivity index (χ3n) is 9.48. The Morgan fingerprint density at radius 2 is 0.750 bits per heavy atom. The van der Waals surface area contributed by atoms with Crippen LogP contribution in [-0.2, 0) is 0 Å². The van der Waals surface area contributed by atoms with Gasteiger partial charge in [-0.3, -0.25) is 0 Å². The van der Waals surface area contributed by atoms with Gasteiger partial charge in [-0.1, -0.05) is 72.7 Å². The monoisotopic (exact) mass is 502 g/mol. The standard InChI is InChI=1S/C28H50N2Si2.4Li.4H/c1-17-18(2)22(6)27(21(17)5)31(9,10)29-25-13-15-26(16-14-25)30-32(11,12)28-23(7)19(3)20(4)24(28)8;;;;;;;;/h21,23,25-26,29-30H,13-16H2,1-12H3;;;;;;;;. The topological polar surface area (TPSA) is 24.1 Å². The van der Waals surface area contributed by atoms with E-state index >= 15 is 0 Å². The molecule has 188 valence electrons. The first kappa shape index (κ1) is 39.8. The van der Waals surface area contributed by atoms with Gasteiger partial charge in [0.1, 0.15) is 16.5 Å². The molecule has 3 rings (SSSR count). The van der Waals surface area contributed by atoms with Gasteiger partial charge in [-0.25, -0.2) is 0 Å². The van der Waals surface area contributed by atoms with Crippen LogP contribution in [0.4, 0.5) is 0 Å². The van der Waals surface area contributed by atoms with Crippen LogP contribution in [-0.4, -0.2) is 104 Å². The first-order valence-corrected chi connectivity index (χ1v) is 19.0. The molecule has 0 amide bonds. The van der Waals surface area contributed by atoms with Crippen molar-refractivity contribution in [3.63, 3.8) is 0 Å². The van der Waals surface area contributed by atoms with Crippen molar-refractivity contribution in [2.24, 2.45) is 11.8 Å². The van der Waals surface area contributed by atoms with E-state index in [-0.39, 0.29) is 75.4 Å². The van der Waals surface area contributed by atoms with E-state index in [0.717, 1.165) is 0 Å². The number of hydrogen-bond acceptors (Lipinski definition) is 2. The van der Waals surface area contributed by atoms with Gasteiger partial charge in [0.25, 0.3) is 0 Å². The van der Waals surface area contributed by atoms with Gasteiger partial charge in [0.15, 0.2) is 0 Å². The first-order valence-electron chi connectivity index (χ1n) is 13.0. The molecule has 2 atom stereocenters. The second kappa shape index (κ2) is 15.1. The molecule has 0 heterocycles. The molecule has 3 aliphatic carbocycles. The molecular formula is C28H54Li4N2Si2. The van der Waals surface area contributed by atoms with Gasteiger partial charge in [-0.05, 0) is 90.2 Å². The van der Waals surface area contributed by atoms with E-state index in [1.165, 1.54) is 25.7 Å². The summed E-state index contributed by atoms with van der Waals surface area (Å²) in [5.74, 6) is 1.25. The van der Waals surface area contributed by atoms with Crippen molar-refractivity contribution < 1.29 is 0 Å². The molecule has 1 fully saturated rings. The fourth-order valence-corrected chi connectivity index (χ4v) is 15.1. The Morgan fingerprint density at radius 3 is 0.944 bits per heavy atom. The number of nitrogens with one attached hydrogen (secondary N) is 2. The van der Waals surface area contributed by atoms with Crippen molar-refractivity contribution in [2.45, 2.75) is 119 Å². The fourth-order valence-electron chi connectivity index (χ4n) is 7.31. The molecule has 3 aliphatic rings. The van der Waals surface area contributed by atoms with Crippen LogP contribution in [0.2, 0.25) is 26.2 Å². The second-order valence-electron chi connectivity index (χ2n) is 12.2. The summed E-state index contributed by atoms with van der Waals surface area (Å²) in [4.78, 5) is 8.45. The summed E-state index contributed by atoms with van der Waals surface area (Å²) in [5, 5.41) is 3.49. The SMILES string of the molecule is CC1=C(C)C(C)C([Si](C)(C)NC2CCC(N[Si](C)(C)C3=C(C)C(C)=C(C)C3C)CC2)=C1C.[LiH].[LiH].[LiH].[LiH]. The Hall–Kier alpha value is 1.70. The van der Waals surface area contributed by atoms with E-state index in [1.54, 1.807) is 43.8 Å². The molecule has 0 spiro atoms. The van der Waals surface area contributed by atoms with Crippen LogP contribution in [0.5, 0.6) is 0 Å². The Labute approximate surface area is 274 Å². The number of hydrogen-bond donors (Lipinski definition) is 2. The van der Waals surface area contributed by atoms with E-state index < -0.39 is 16.5 Å². The van der Waals surface area contributed by atoms with Crippen LogP contribution >= 0.6 is 0 Å². The zero-order valence-electron chi connectivity index (χ0n) is 23.1. The molecule has 2 unspecified atom stereocenters. The first-order chi connectivity index (χ1) is 14.7. The molecule has 0 saturated heterocycles. The Bertz CT molecular complexity index is 837. The quantitative estimate of drug-likeness (QED) is 0.501. The summed E-state index contributed by atoms with van der Waals surface area (Å²) < 4.78 is 0. The summed E-state index contributed by atoms with van der Waals surface area (Å²) in [6, 6.07) is 1.37. The Morgan fingerprint density at radius 1 is 0.500 bits per heavy atom. The van der Waals surface area contributed by atoms with E-state index in [0.29, 0.717) is 23.9 Å². The summed E-state index contributed by atoms with van der Waals surface area (Å²) in [6.07, 6.45) is 5.26. The molecule has 0 aromatic rings. The van der Waals surface area contributed by atoms with E-state index in [1.807, 2.05) is 0 Å². The van der Waals surface area contributed by atoms with Crippen LogP contribution < -0.4 is 9.96 Å². The molecule has 0 aromatic carbocycles. The van der Waals surface area contributed by atoms with Gasteiger partial charge in [0.05, 0.1) is 0 Å². The molecule has 0 aromatic heterocycles. The van der Waals surface area contributed by atoms with Crippen LogP contribution in [0.25, 0.3) is 0 Å². The molecule has 2 N–H and O–H groups in total. The van der Waals surface area contributed by atoms with Gasteiger partial charge in [-0.15, -0.1) is 0 Å². The maximum absolute atomic E-state index is 4.23. The average molecular weight is 503 g/mol. The molecule has 1 saturated carbocycles. The van der Waals surface area contributed by atoms with Crippen molar-refractivity contribution in [1.29, 1.82) is 0 Å². The molecule has 0 aliphatic heterocycles. The average Bonchev–Trinajstić information content (AvgIpc) is 3.02. The third kappa shape index (κ3) is 7.92. The Kier molecular flexibility index (Phi) is 16.7. The Balaban J connectivity index is 0. The van der Waals surface area contributed by atoms with Crippen molar-refractivity contribution in [3.05, 3.63) is 43.8 Å². The van der Waals surface area contributed by atoms with E-state index in [9.17, 15) is 0 Å². The molecule has 36 heavy (non-hydrogen) atoms. The summed E-state index contributed by atoms with van der Waals surface area (Å²) >= 11 is 0. The molecule has 2 nitrogen and oxygen atoms in total. The van der Waals surface area contributed by atoms with Gasteiger partial charge < -0.3 is 9.96 Å². The van der Waals surface area contributed by atoms with Gasteiger partial charge >= 0.3 is 75.4 Å². The molecular weight excluding hydrogens is 448 g/mol.